The summed E-state index contributed by atoms with van der Waals surface area (Å²) < 4.78 is 0. The van der Waals surface area contributed by atoms with Gasteiger partial charge in [-0.3, -0.25) is 0 Å². The summed E-state index contributed by atoms with van der Waals surface area (Å²) in [7, 11) is 0. The van der Waals surface area contributed by atoms with Crippen molar-refractivity contribution >= 4 is 11.6 Å². The minimum Gasteiger partial charge on any atom is -0.302 e. The summed E-state index contributed by atoms with van der Waals surface area (Å²) in [6.45, 7) is 3.13. The van der Waals surface area contributed by atoms with E-state index >= 15 is 0 Å². The molecule has 1 aliphatic heterocycles. The van der Waals surface area contributed by atoms with Crippen molar-refractivity contribution in [3.8, 4) is 6.07 Å². The average Bonchev–Trinajstić information content (AvgIpc) is 2.38. The summed E-state index contributed by atoms with van der Waals surface area (Å²) in [6.07, 6.45) is 3.02. The molecule has 1 aromatic rings. The van der Waals surface area contributed by atoms with Crippen molar-refractivity contribution in [1.82, 2.24) is 4.90 Å². The van der Waals surface area contributed by atoms with Gasteiger partial charge >= 0.3 is 0 Å². The second-order valence-corrected chi connectivity index (χ2v) is 5.01. The van der Waals surface area contributed by atoms with Crippen LogP contribution in [0.3, 0.4) is 0 Å². The largest absolute Gasteiger partial charge is 0.302 e. The standard InChI is InChI=1S/C14H17ClN2/c15-14-4-2-12(3-5-14)13-6-10-17(11-7-13)9-1-8-16/h2-5,13H,1,6-7,9-11H2. The Morgan fingerprint density at radius 1 is 1.24 bits per heavy atom. The second kappa shape index (κ2) is 6.05. The van der Waals surface area contributed by atoms with E-state index in [1.165, 1.54) is 18.4 Å². The molecule has 0 saturated carbocycles. The maximum absolute atomic E-state index is 8.56. The zero-order chi connectivity index (χ0) is 12.1. The molecule has 0 spiro atoms. The van der Waals surface area contributed by atoms with Gasteiger partial charge in [0.1, 0.15) is 0 Å². The van der Waals surface area contributed by atoms with Crippen LogP contribution in [-0.4, -0.2) is 24.5 Å². The van der Waals surface area contributed by atoms with Crippen molar-refractivity contribution in [2.45, 2.75) is 25.2 Å². The van der Waals surface area contributed by atoms with Gasteiger partial charge in [0.05, 0.1) is 6.07 Å². The SMILES string of the molecule is N#CCCN1CCC(c2ccc(Cl)cc2)CC1. The lowest BCUT2D eigenvalue weighted by atomic mass is 9.89. The average molecular weight is 249 g/mol. The molecule has 0 unspecified atom stereocenters. The number of hydrogen-bond acceptors (Lipinski definition) is 2. The molecular weight excluding hydrogens is 232 g/mol. The van der Waals surface area contributed by atoms with Crippen LogP contribution in [0.4, 0.5) is 0 Å². The molecule has 17 heavy (non-hydrogen) atoms. The minimum atomic E-state index is 0.644. The van der Waals surface area contributed by atoms with Crippen LogP contribution in [-0.2, 0) is 0 Å². The van der Waals surface area contributed by atoms with Gasteiger partial charge in [-0.25, -0.2) is 0 Å². The number of halogens is 1. The van der Waals surface area contributed by atoms with Crippen molar-refractivity contribution in [2.24, 2.45) is 0 Å². The number of rotatable bonds is 3. The van der Waals surface area contributed by atoms with Crippen molar-refractivity contribution in [1.29, 1.82) is 5.26 Å². The highest BCUT2D eigenvalue weighted by Crippen LogP contribution is 2.28. The van der Waals surface area contributed by atoms with Gasteiger partial charge in [0.2, 0.25) is 0 Å². The quantitative estimate of drug-likeness (QED) is 0.820. The monoisotopic (exact) mass is 248 g/mol. The molecule has 0 aliphatic carbocycles. The third kappa shape index (κ3) is 3.46. The molecule has 1 aromatic carbocycles. The van der Waals surface area contributed by atoms with E-state index < -0.39 is 0 Å². The maximum Gasteiger partial charge on any atom is 0.0635 e. The normalized spacial score (nSPS) is 17.9. The summed E-state index contributed by atoms with van der Waals surface area (Å²) in [5.41, 5.74) is 1.40. The molecule has 0 aromatic heterocycles. The highest BCUT2D eigenvalue weighted by Gasteiger charge is 2.19. The van der Waals surface area contributed by atoms with Gasteiger partial charge in [-0.1, -0.05) is 23.7 Å². The summed E-state index contributed by atoms with van der Waals surface area (Å²) in [6, 6.07) is 10.4. The predicted octanol–water partition coefficient (Wildman–Crippen LogP) is 3.43. The molecule has 1 heterocycles. The lowest BCUT2D eigenvalue weighted by Crippen LogP contribution is -2.33. The van der Waals surface area contributed by atoms with E-state index in [2.05, 4.69) is 23.1 Å². The van der Waals surface area contributed by atoms with Crippen LogP contribution >= 0.6 is 11.6 Å². The molecule has 1 saturated heterocycles. The van der Waals surface area contributed by atoms with E-state index in [0.29, 0.717) is 12.3 Å². The van der Waals surface area contributed by atoms with E-state index in [0.717, 1.165) is 24.7 Å². The van der Waals surface area contributed by atoms with E-state index in [4.69, 9.17) is 16.9 Å². The van der Waals surface area contributed by atoms with Gasteiger partial charge in [-0.2, -0.15) is 5.26 Å². The number of benzene rings is 1. The van der Waals surface area contributed by atoms with Crippen LogP contribution in [0.2, 0.25) is 5.02 Å². The summed E-state index contributed by atoms with van der Waals surface area (Å²) in [4.78, 5) is 2.38. The third-order valence-corrected chi connectivity index (χ3v) is 3.72. The molecule has 90 valence electrons. The first-order chi connectivity index (χ1) is 8.29. The molecule has 0 bridgehead atoms. The first-order valence-corrected chi connectivity index (χ1v) is 6.52. The number of nitrogens with zero attached hydrogens (tertiary/aromatic N) is 2. The zero-order valence-electron chi connectivity index (χ0n) is 9.90. The predicted molar refractivity (Wildman–Crippen MR) is 70.1 cm³/mol. The molecule has 0 N–H and O–H groups in total. The zero-order valence-corrected chi connectivity index (χ0v) is 10.7. The highest BCUT2D eigenvalue weighted by atomic mass is 35.5. The van der Waals surface area contributed by atoms with Crippen molar-refractivity contribution in [3.05, 3.63) is 34.9 Å². The van der Waals surface area contributed by atoms with Gasteiger partial charge in [0.25, 0.3) is 0 Å². The maximum atomic E-state index is 8.56. The molecule has 2 rings (SSSR count). The Kier molecular flexibility index (Phi) is 4.42. The smallest absolute Gasteiger partial charge is 0.0635 e. The van der Waals surface area contributed by atoms with Crippen molar-refractivity contribution < 1.29 is 0 Å². The van der Waals surface area contributed by atoms with Gasteiger partial charge in [0.15, 0.2) is 0 Å². The van der Waals surface area contributed by atoms with Crippen LogP contribution < -0.4 is 0 Å². The van der Waals surface area contributed by atoms with Gasteiger partial charge in [-0.15, -0.1) is 0 Å². The Hall–Kier alpha value is -1.04. The first kappa shape index (κ1) is 12.4. The van der Waals surface area contributed by atoms with Gasteiger partial charge in [0, 0.05) is 18.0 Å². The fourth-order valence-corrected chi connectivity index (χ4v) is 2.56. The molecular formula is C14H17ClN2. The third-order valence-electron chi connectivity index (χ3n) is 3.47. The molecule has 0 radical (unpaired) electrons. The Labute approximate surface area is 108 Å². The number of nitriles is 1. The fraction of sp³-hybridized carbons (Fsp3) is 0.500. The van der Waals surface area contributed by atoms with Crippen LogP contribution in [0, 0.1) is 11.3 Å². The number of likely N-dealkylation sites (tertiary alicyclic amines) is 1. The molecule has 0 atom stereocenters. The summed E-state index contributed by atoms with van der Waals surface area (Å²) in [5, 5.41) is 9.37. The molecule has 1 fully saturated rings. The van der Waals surface area contributed by atoms with Gasteiger partial charge in [-0.05, 0) is 49.5 Å². The second-order valence-electron chi connectivity index (χ2n) is 4.58. The molecule has 2 nitrogen and oxygen atoms in total. The Morgan fingerprint density at radius 2 is 1.88 bits per heavy atom. The lowest BCUT2D eigenvalue weighted by molar-refractivity contribution is 0.216. The van der Waals surface area contributed by atoms with Crippen molar-refractivity contribution in [2.75, 3.05) is 19.6 Å². The van der Waals surface area contributed by atoms with Crippen LogP contribution in [0.5, 0.6) is 0 Å². The van der Waals surface area contributed by atoms with E-state index in [9.17, 15) is 0 Å². The van der Waals surface area contributed by atoms with Crippen molar-refractivity contribution in [3.63, 3.8) is 0 Å². The minimum absolute atomic E-state index is 0.644. The Bertz CT molecular complexity index is 386. The highest BCUT2D eigenvalue weighted by molar-refractivity contribution is 6.30. The molecule has 0 amide bonds. The number of piperidine rings is 1. The summed E-state index contributed by atoms with van der Waals surface area (Å²) >= 11 is 5.89. The van der Waals surface area contributed by atoms with E-state index in [-0.39, 0.29) is 0 Å². The molecule has 3 heteroatoms. The Balaban J connectivity index is 1.87. The van der Waals surface area contributed by atoms with Crippen LogP contribution in [0.1, 0.15) is 30.7 Å². The first-order valence-electron chi connectivity index (χ1n) is 6.14. The van der Waals surface area contributed by atoms with Crippen LogP contribution in [0.25, 0.3) is 0 Å². The Morgan fingerprint density at radius 3 is 2.47 bits per heavy atom. The van der Waals surface area contributed by atoms with E-state index in [1.807, 2.05) is 12.1 Å². The molecule has 1 aliphatic rings. The lowest BCUT2D eigenvalue weighted by Gasteiger charge is -2.31. The van der Waals surface area contributed by atoms with Gasteiger partial charge < -0.3 is 4.90 Å². The number of hydrogen-bond donors (Lipinski definition) is 0. The van der Waals surface area contributed by atoms with E-state index in [1.54, 1.807) is 0 Å². The van der Waals surface area contributed by atoms with Crippen LogP contribution in [0.15, 0.2) is 24.3 Å². The summed E-state index contributed by atoms with van der Waals surface area (Å²) in [5.74, 6) is 0.658. The topological polar surface area (TPSA) is 27.0 Å². The fourth-order valence-electron chi connectivity index (χ4n) is 2.43.